The van der Waals surface area contributed by atoms with E-state index >= 15 is 0 Å². The first-order valence-corrected chi connectivity index (χ1v) is 8.15. The van der Waals surface area contributed by atoms with E-state index in [0.717, 1.165) is 34.4 Å². The summed E-state index contributed by atoms with van der Waals surface area (Å²) >= 11 is 0. The van der Waals surface area contributed by atoms with Crippen molar-refractivity contribution in [3.8, 4) is 11.3 Å². The number of hydrogen-bond acceptors (Lipinski definition) is 2. The number of aromatic nitrogens is 1. The highest BCUT2D eigenvalue weighted by molar-refractivity contribution is 5.89. The standard InChI is InChI=1S/C20H19FN2/c1-14-5-4-12-23(14)19-13-16-6-2-3-7-18(16)22-20(19)15-8-10-17(21)11-9-15/h2-3,6-11,13-14H,4-5,12H2,1H3/t14-/m0/s1. The van der Waals surface area contributed by atoms with Crippen LogP contribution in [0.3, 0.4) is 0 Å². The molecule has 23 heavy (non-hydrogen) atoms. The molecule has 2 nitrogen and oxygen atoms in total. The third-order valence-electron chi connectivity index (χ3n) is 4.68. The minimum atomic E-state index is -0.217. The van der Waals surface area contributed by atoms with E-state index in [1.165, 1.54) is 25.0 Å². The summed E-state index contributed by atoms with van der Waals surface area (Å²) in [4.78, 5) is 7.32. The van der Waals surface area contributed by atoms with Crippen molar-refractivity contribution in [2.45, 2.75) is 25.8 Å². The Morgan fingerprint density at radius 1 is 1.09 bits per heavy atom. The Hall–Kier alpha value is -2.42. The predicted molar refractivity (Wildman–Crippen MR) is 93.2 cm³/mol. The Balaban J connectivity index is 1.94. The number of benzene rings is 2. The third kappa shape index (κ3) is 2.56. The average molecular weight is 306 g/mol. The smallest absolute Gasteiger partial charge is 0.123 e. The van der Waals surface area contributed by atoms with E-state index in [1.54, 1.807) is 0 Å². The number of pyridine rings is 1. The second kappa shape index (κ2) is 5.65. The van der Waals surface area contributed by atoms with Crippen molar-refractivity contribution in [3.05, 3.63) is 60.4 Å². The number of halogens is 1. The van der Waals surface area contributed by atoms with Gasteiger partial charge in [0.05, 0.1) is 16.9 Å². The van der Waals surface area contributed by atoms with Crippen LogP contribution in [0.2, 0.25) is 0 Å². The molecular weight excluding hydrogens is 287 g/mol. The molecule has 0 bridgehead atoms. The van der Waals surface area contributed by atoms with Crippen molar-refractivity contribution in [1.29, 1.82) is 0 Å². The van der Waals surface area contributed by atoms with Gasteiger partial charge in [0.25, 0.3) is 0 Å². The van der Waals surface area contributed by atoms with Gasteiger partial charge in [-0.15, -0.1) is 0 Å². The van der Waals surface area contributed by atoms with Gasteiger partial charge < -0.3 is 4.90 Å². The van der Waals surface area contributed by atoms with E-state index < -0.39 is 0 Å². The molecule has 0 amide bonds. The van der Waals surface area contributed by atoms with Crippen LogP contribution in [-0.2, 0) is 0 Å². The molecule has 0 radical (unpaired) electrons. The second-order valence-electron chi connectivity index (χ2n) is 6.24. The Morgan fingerprint density at radius 3 is 2.61 bits per heavy atom. The number of rotatable bonds is 2. The molecule has 2 aromatic carbocycles. The molecule has 0 spiro atoms. The summed E-state index contributed by atoms with van der Waals surface area (Å²) in [6.07, 6.45) is 2.41. The van der Waals surface area contributed by atoms with Crippen LogP contribution in [0.25, 0.3) is 22.2 Å². The fraction of sp³-hybridized carbons (Fsp3) is 0.250. The summed E-state index contributed by atoms with van der Waals surface area (Å²) in [7, 11) is 0. The second-order valence-corrected chi connectivity index (χ2v) is 6.24. The molecule has 0 aliphatic carbocycles. The van der Waals surface area contributed by atoms with Crippen LogP contribution in [0.4, 0.5) is 10.1 Å². The molecule has 1 saturated heterocycles. The first-order chi connectivity index (χ1) is 11.2. The minimum absolute atomic E-state index is 0.217. The van der Waals surface area contributed by atoms with Crippen molar-refractivity contribution < 1.29 is 4.39 Å². The number of nitrogens with zero attached hydrogens (tertiary/aromatic N) is 2. The van der Waals surface area contributed by atoms with Crippen molar-refractivity contribution in [2.75, 3.05) is 11.4 Å². The van der Waals surface area contributed by atoms with Crippen LogP contribution in [-0.4, -0.2) is 17.6 Å². The maximum absolute atomic E-state index is 13.3. The first-order valence-electron chi connectivity index (χ1n) is 8.15. The maximum atomic E-state index is 13.3. The lowest BCUT2D eigenvalue weighted by molar-refractivity contribution is 0.628. The number of para-hydroxylation sites is 1. The Bertz CT molecular complexity index is 842. The zero-order valence-electron chi connectivity index (χ0n) is 13.2. The minimum Gasteiger partial charge on any atom is -0.367 e. The van der Waals surface area contributed by atoms with Gasteiger partial charge in [0.1, 0.15) is 5.82 Å². The zero-order valence-corrected chi connectivity index (χ0v) is 13.2. The third-order valence-corrected chi connectivity index (χ3v) is 4.68. The van der Waals surface area contributed by atoms with Gasteiger partial charge >= 0.3 is 0 Å². The lowest BCUT2D eigenvalue weighted by Gasteiger charge is -2.26. The van der Waals surface area contributed by atoms with Crippen LogP contribution < -0.4 is 4.90 Å². The normalized spacial score (nSPS) is 17.8. The van der Waals surface area contributed by atoms with E-state index in [-0.39, 0.29) is 5.82 Å². The maximum Gasteiger partial charge on any atom is 0.123 e. The Labute approximate surface area is 135 Å². The molecule has 1 aromatic heterocycles. The number of fused-ring (bicyclic) bond motifs is 1. The average Bonchev–Trinajstić information content (AvgIpc) is 3.00. The predicted octanol–water partition coefficient (Wildman–Crippen LogP) is 5.03. The largest absolute Gasteiger partial charge is 0.367 e. The number of anilines is 1. The fourth-order valence-electron chi connectivity index (χ4n) is 3.44. The van der Waals surface area contributed by atoms with E-state index in [2.05, 4.69) is 24.0 Å². The summed E-state index contributed by atoms with van der Waals surface area (Å²) in [5.41, 5.74) is 4.03. The van der Waals surface area contributed by atoms with Crippen LogP contribution in [0, 0.1) is 5.82 Å². The summed E-state index contributed by atoms with van der Waals surface area (Å²) in [5.74, 6) is -0.217. The molecule has 0 saturated carbocycles. The summed E-state index contributed by atoms with van der Waals surface area (Å²) < 4.78 is 13.3. The molecule has 116 valence electrons. The molecule has 0 N–H and O–H groups in total. The van der Waals surface area contributed by atoms with Gasteiger partial charge in [0, 0.05) is 23.5 Å². The van der Waals surface area contributed by atoms with Crippen molar-refractivity contribution in [2.24, 2.45) is 0 Å². The van der Waals surface area contributed by atoms with Gasteiger partial charge in [-0.2, -0.15) is 0 Å². The lowest BCUT2D eigenvalue weighted by atomic mass is 10.1. The molecular formula is C20H19FN2. The molecule has 3 heteroatoms. The quantitative estimate of drug-likeness (QED) is 0.660. The van der Waals surface area contributed by atoms with Crippen LogP contribution in [0.15, 0.2) is 54.6 Å². The molecule has 1 aliphatic heterocycles. The van der Waals surface area contributed by atoms with Gasteiger partial charge in [0.2, 0.25) is 0 Å². The van der Waals surface area contributed by atoms with Gasteiger partial charge in [-0.25, -0.2) is 9.37 Å². The Morgan fingerprint density at radius 2 is 1.87 bits per heavy atom. The molecule has 0 unspecified atom stereocenters. The Kier molecular flexibility index (Phi) is 3.49. The molecule has 4 rings (SSSR count). The van der Waals surface area contributed by atoms with E-state index in [0.29, 0.717) is 6.04 Å². The topological polar surface area (TPSA) is 16.1 Å². The van der Waals surface area contributed by atoms with E-state index in [4.69, 9.17) is 4.98 Å². The van der Waals surface area contributed by atoms with Crippen molar-refractivity contribution >= 4 is 16.6 Å². The fourth-order valence-corrected chi connectivity index (χ4v) is 3.44. The van der Waals surface area contributed by atoms with Gasteiger partial charge in [0.15, 0.2) is 0 Å². The molecule has 1 aliphatic rings. The highest BCUT2D eigenvalue weighted by Crippen LogP contribution is 2.36. The molecule has 1 atom stereocenters. The summed E-state index contributed by atoms with van der Waals surface area (Å²) in [6.45, 7) is 3.31. The number of hydrogen-bond donors (Lipinski definition) is 0. The van der Waals surface area contributed by atoms with Crippen LogP contribution >= 0.6 is 0 Å². The lowest BCUT2D eigenvalue weighted by Crippen LogP contribution is -2.27. The van der Waals surface area contributed by atoms with Crippen LogP contribution in [0.1, 0.15) is 19.8 Å². The van der Waals surface area contributed by atoms with Gasteiger partial charge in [-0.05, 0) is 56.2 Å². The summed E-state index contributed by atoms with van der Waals surface area (Å²) in [5, 5.41) is 1.15. The highest BCUT2D eigenvalue weighted by atomic mass is 19.1. The monoisotopic (exact) mass is 306 g/mol. The molecule has 1 fully saturated rings. The van der Waals surface area contributed by atoms with E-state index in [9.17, 15) is 4.39 Å². The van der Waals surface area contributed by atoms with E-state index in [1.807, 2.05) is 30.3 Å². The van der Waals surface area contributed by atoms with Crippen molar-refractivity contribution in [3.63, 3.8) is 0 Å². The molecule has 2 heterocycles. The SMILES string of the molecule is C[C@H]1CCCN1c1cc2ccccc2nc1-c1ccc(F)cc1. The van der Waals surface area contributed by atoms with Gasteiger partial charge in [-0.3, -0.25) is 0 Å². The van der Waals surface area contributed by atoms with Gasteiger partial charge in [-0.1, -0.05) is 18.2 Å². The zero-order chi connectivity index (χ0) is 15.8. The highest BCUT2D eigenvalue weighted by Gasteiger charge is 2.24. The van der Waals surface area contributed by atoms with Crippen LogP contribution in [0.5, 0.6) is 0 Å². The summed E-state index contributed by atoms with van der Waals surface area (Å²) in [6, 6.07) is 17.5. The first kappa shape index (κ1) is 14.2. The van der Waals surface area contributed by atoms with Crippen molar-refractivity contribution in [1.82, 2.24) is 4.98 Å². The molecule has 3 aromatic rings.